The second kappa shape index (κ2) is 11.5. The van der Waals surface area contributed by atoms with E-state index in [1.54, 1.807) is 0 Å². The van der Waals surface area contributed by atoms with Crippen LogP contribution in [0.3, 0.4) is 0 Å². The van der Waals surface area contributed by atoms with Gasteiger partial charge in [0.1, 0.15) is 0 Å². The topological polar surface area (TPSA) is 44.4 Å². The second-order valence-electron chi connectivity index (χ2n) is 9.21. The zero-order valence-corrected chi connectivity index (χ0v) is 19.2. The molecule has 0 radical (unpaired) electrons. The van der Waals surface area contributed by atoms with Gasteiger partial charge in [0.05, 0.1) is 0 Å². The van der Waals surface area contributed by atoms with Gasteiger partial charge in [-0.1, -0.05) is 31.2 Å². The van der Waals surface area contributed by atoms with Gasteiger partial charge in [0.25, 0.3) is 0 Å². The van der Waals surface area contributed by atoms with Gasteiger partial charge in [-0.25, -0.2) is 0 Å². The third-order valence-electron chi connectivity index (χ3n) is 6.77. The van der Waals surface area contributed by atoms with E-state index in [9.17, 15) is 4.79 Å². The van der Waals surface area contributed by atoms with E-state index in [1.165, 1.54) is 62.7 Å². The van der Waals surface area contributed by atoms with E-state index in [0.717, 1.165) is 12.5 Å². The van der Waals surface area contributed by atoms with Crippen LogP contribution < -0.4 is 10.6 Å². The van der Waals surface area contributed by atoms with Crippen molar-refractivity contribution in [3.8, 4) is 0 Å². The summed E-state index contributed by atoms with van der Waals surface area (Å²) in [4.78, 5) is 15.1. The quantitative estimate of drug-likeness (QED) is 0.691. The van der Waals surface area contributed by atoms with Crippen LogP contribution in [-0.2, 0) is 17.9 Å². The summed E-state index contributed by atoms with van der Waals surface area (Å²) < 4.78 is 0. The summed E-state index contributed by atoms with van der Waals surface area (Å²) in [6.45, 7) is 6.41. The Balaban J connectivity index is 0.00000150. The van der Waals surface area contributed by atoms with Crippen LogP contribution in [0.1, 0.15) is 63.0 Å². The van der Waals surface area contributed by atoms with Gasteiger partial charge in [-0.2, -0.15) is 0 Å². The number of hydrogen-bond acceptors (Lipinski definition) is 3. The fraction of sp³-hybridized carbons (Fsp3) is 0.696. The van der Waals surface area contributed by atoms with Gasteiger partial charge in [0, 0.05) is 38.1 Å². The van der Waals surface area contributed by atoms with E-state index in [2.05, 4.69) is 46.7 Å². The average Bonchev–Trinajstić information content (AvgIpc) is 2.99. The third-order valence-corrected chi connectivity index (χ3v) is 6.77. The van der Waals surface area contributed by atoms with Crippen LogP contribution in [0.4, 0.5) is 0 Å². The predicted octanol–water partition coefficient (Wildman–Crippen LogP) is 4.30. The number of nitrogens with one attached hydrogen (secondary N) is 2. The highest BCUT2D eigenvalue weighted by atomic mass is 35.5. The summed E-state index contributed by atoms with van der Waals surface area (Å²) >= 11 is 0. The second-order valence-corrected chi connectivity index (χ2v) is 9.21. The molecule has 1 aromatic carbocycles. The minimum Gasteiger partial charge on any atom is -0.352 e. The van der Waals surface area contributed by atoms with Gasteiger partial charge in [-0.3, -0.25) is 9.69 Å². The molecule has 3 saturated heterocycles. The standard InChI is InChI=1S/C23H35N3O.2ClH/c1-17-5-4-10-26(15-17)16-20-7-3-2-6-19(20)14-24-23(27)13-18-11-21-8-9-22(12-18)25-21;;/h2-3,6-7,17-18,21-22,25H,4-5,8-16H2,1H3,(H,24,27);2*1H. The molecule has 3 fully saturated rings. The molecule has 29 heavy (non-hydrogen) atoms. The van der Waals surface area contributed by atoms with Gasteiger partial charge in [-0.05, 0) is 68.0 Å². The molecule has 3 atom stereocenters. The molecule has 3 heterocycles. The van der Waals surface area contributed by atoms with E-state index in [0.29, 0.717) is 31.0 Å². The molecule has 0 aliphatic carbocycles. The van der Waals surface area contributed by atoms with Crippen molar-refractivity contribution in [2.45, 2.75) is 77.0 Å². The summed E-state index contributed by atoms with van der Waals surface area (Å²) in [5, 5.41) is 6.87. The smallest absolute Gasteiger partial charge is 0.220 e. The number of hydrogen-bond donors (Lipinski definition) is 2. The highest BCUT2D eigenvalue weighted by Crippen LogP contribution is 2.32. The van der Waals surface area contributed by atoms with Crippen LogP contribution >= 0.6 is 24.8 Å². The highest BCUT2D eigenvalue weighted by Gasteiger charge is 2.34. The molecule has 2 N–H and O–H groups in total. The minimum atomic E-state index is 0. The molecule has 3 aliphatic heterocycles. The lowest BCUT2D eigenvalue weighted by Gasteiger charge is -2.31. The Hall–Kier alpha value is -0.810. The van der Waals surface area contributed by atoms with Crippen LogP contribution in [0.25, 0.3) is 0 Å². The van der Waals surface area contributed by atoms with E-state index in [1.807, 2.05) is 0 Å². The molecule has 0 aromatic heterocycles. The van der Waals surface area contributed by atoms with Crippen LogP contribution in [0.2, 0.25) is 0 Å². The van der Waals surface area contributed by atoms with Crippen molar-refractivity contribution >= 4 is 30.7 Å². The number of fused-ring (bicyclic) bond motifs is 2. The highest BCUT2D eigenvalue weighted by molar-refractivity contribution is 5.85. The van der Waals surface area contributed by atoms with E-state index in [-0.39, 0.29) is 30.7 Å². The Morgan fingerprint density at radius 3 is 2.48 bits per heavy atom. The lowest BCUT2D eigenvalue weighted by Crippen LogP contribution is -2.39. The van der Waals surface area contributed by atoms with Gasteiger partial charge >= 0.3 is 0 Å². The van der Waals surface area contributed by atoms with Crippen molar-refractivity contribution in [2.75, 3.05) is 13.1 Å². The minimum absolute atomic E-state index is 0. The average molecular weight is 442 g/mol. The van der Waals surface area contributed by atoms with Crippen molar-refractivity contribution in [2.24, 2.45) is 11.8 Å². The maximum absolute atomic E-state index is 12.5. The molecule has 1 aromatic rings. The molecule has 4 rings (SSSR count). The first kappa shape index (κ1) is 24.5. The normalized spacial score (nSPS) is 28.9. The number of piperidine rings is 2. The fourth-order valence-electron chi connectivity index (χ4n) is 5.43. The monoisotopic (exact) mass is 441 g/mol. The fourth-order valence-corrected chi connectivity index (χ4v) is 5.43. The molecule has 0 saturated carbocycles. The van der Waals surface area contributed by atoms with Gasteiger partial charge in [0.2, 0.25) is 5.91 Å². The van der Waals surface area contributed by atoms with E-state index >= 15 is 0 Å². The number of carbonyl (C=O) groups is 1. The summed E-state index contributed by atoms with van der Waals surface area (Å²) in [6.07, 6.45) is 8.29. The largest absolute Gasteiger partial charge is 0.352 e. The number of halogens is 2. The molecule has 2 bridgehead atoms. The van der Waals surface area contributed by atoms with Crippen molar-refractivity contribution in [1.29, 1.82) is 0 Å². The lowest BCUT2D eigenvalue weighted by atomic mass is 9.89. The van der Waals surface area contributed by atoms with Crippen LogP contribution in [-0.4, -0.2) is 36.0 Å². The van der Waals surface area contributed by atoms with Gasteiger partial charge in [-0.15, -0.1) is 24.8 Å². The first-order chi connectivity index (χ1) is 13.2. The number of benzene rings is 1. The zero-order valence-electron chi connectivity index (χ0n) is 17.6. The predicted molar refractivity (Wildman–Crippen MR) is 124 cm³/mol. The number of likely N-dealkylation sites (tertiary alicyclic amines) is 1. The summed E-state index contributed by atoms with van der Waals surface area (Å²) in [6, 6.07) is 9.94. The molecule has 0 spiro atoms. The Morgan fingerprint density at radius 2 is 1.79 bits per heavy atom. The maximum atomic E-state index is 12.5. The first-order valence-electron chi connectivity index (χ1n) is 11.0. The molecule has 164 valence electrons. The molecular weight excluding hydrogens is 405 g/mol. The number of amides is 1. The first-order valence-corrected chi connectivity index (χ1v) is 11.0. The maximum Gasteiger partial charge on any atom is 0.220 e. The summed E-state index contributed by atoms with van der Waals surface area (Å²) in [5.74, 6) is 1.59. The van der Waals surface area contributed by atoms with Crippen molar-refractivity contribution in [3.05, 3.63) is 35.4 Å². The number of rotatable bonds is 6. The molecule has 3 unspecified atom stereocenters. The molecule has 4 nitrogen and oxygen atoms in total. The molecular formula is C23H37Cl2N3O. The van der Waals surface area contributed by atoms with Crippen molar-refractivity contribution in [3.63, 3.8) is 0 Å². The molecule has 3 aliphatic rings. The third kappa shape index (κ3) is 6.85. The summed E-state index contributed by atoms with van der Waals surface area (Å²) in [5.41, 5.74) is 2.64. The Morgan fingerprint density at radius 1 is 1.10 bits per heavy atom. The van der Waals surface area contributed by atoms with Crippen LogP contribution in [0.5, 0.6) is 0 Å². The number of nitrogens with zero attached hydrogens (tertiary/aromatic N) is 1. The van der Waals surface area contributed by atoms with Crippen LogP contribution in [0.15, 0.2) is 24.3 Å². The van der Waals surface area contributed by atoms with E-state index in [4.69, 9.17) is 0 Å². The van der Waals surface area contributed by atoms with Crippen molar-refractivity contribution < 1.29 is 4.79 Å². The zero-order chi connectivity index (χ0) is 18.6. The lowest BCUT2D eigenvalue weighted by molar-refractivity contribution is -0.122. The van der Waals surface area contributed by atoms with Crippen molar-refractivity contribution in [1.82, 2.24) is 15.5 Å². The SMILES string of the molecule is CC1CCCN(Cc2ccccc2CNC(=O)CC2CC3CCC(C2)N3)C1.Cl.Cl. The molecule has 6 heteroatoms. The Bertz CT molecular complexity index is 645. The van der Waals surface area contributed by atoms with Gasteiger partial charge in [0.15, 0.2) is 0 Å². The van der Waals surface area contributed by atoms with E-state index < -0.39 is 0 Å². The summed E-state index contributed by atoms with van der Waals surface area (Å²) in [7, 11) is 0. The Kier molecular flexibility index (Phi) is 9.74. The Labute approximate surface area is 188 Å². The number of carbonyl (C=O) groups excluding carboxylic acids is 1. The van der Waals surface area contributed by atoms with Crippen LogP contribution in [0, 0.1) is 11.8 Å². The molecule has 1 amide bonds. The van der Waals surface area contributed by atoms with Gasteiger partial charge < -0.3 is 10.6 Å².